The first-order chi connectivity index (χ1) is 15.4. The summed E-state index contributed by atoms with van der Waals surface area (Å²) in [6.45, 7) is 12.6. The van der Waals surface area contributed by atoms with Crippen molar-refractivity contribution >= 4 is 25.1 Å². The lowest BCUT2D eigenvalue weighted by Gasteiger charge is -2.30. The molecule has 0 saturated heterocycles. The fourth-order valence-electron chi connectivity index (χ4n) is 4.34. The van der Waals surface area contributed by atoms with E-state index in [2.05, 4.69) is 72.4 Å². The Bertz CT molecular complexity index is 1070. The molecule has 0 spiro atoms. The van der Waals surface area contributed by atoms with Gasteiger partial charge in [0.05, 0.1) is 18.1 Å². The van der Waals surface area contributed by atoms with E-state index in [-0.39, 0.29) is 0 Å². The first kappa shape index (κ1) is 22.9. The van der Waals surface area contributed by atoms with Crippen LogP contribution < -0.4 is 9.64 Å². The SMILES string of the molecule is CCCc1ccc2c(c1)nc(N1CCc3ccc(OC)cc3C1)n2COCC[Si](C)(C)C. The molecular formula is C26H37N3O2Si. The van der Waals surface area contributed by atoms with Gasteiger partial charge in [-0.25, -0.2) is 4.98 Å². The van der Waals surface area contributed by atoms with Gasteiger partial charge in [-0.1, -0.05) is 45.1 Å². The molecule has 32 heavy (non-hydrogen) atoms. The molecule has 0 radical (unpaired) electrons. The van der Waals surface area contributed by atoms with E-state index in [0.29, 0.717) is 6.73 Å². The first-order valence-corrected chi connectivity index (χ1v) is 15.6. The Labute approximate surface area is 193 Å². The van der Waals surface area contributed by atoms with Crippen molar-refractivity contribution in [1.29, 1.82) is 0 Å². The van der Waals surface area contributed by atoms with Crippen LogP contribution in [-0.2, 0) is 30.9 Å². The zero-order chi connectivity index (χ0) is 22.7. The van der Waals surface area contributed by atoms with Gasteiger partial charge in [-0.15, -0.1) is 0 Å². The zero-order valence-corrected chi connectivity index (χ0v) is 21.3. The van der Waals surface area contributed by atoms with Crippen molar-refractivity contribution in [2.24, 2.45) is 0 Å². The van der Waals surface area contributed by atoms with E-state index in [1.54, 1.807) is 7.11 Å². The maximum atomic E-state index is 6.19. The van der Waals surface area contributed by atoms with Crippen LogP contribution in [0.15, 0.2) is 36.4 Å². The van der Waals surface area contributed by atoms with Crippen molar-refractivity contribution in [3.05, 3.63) is 53.1 Å². The van der Waals surface area contributed by atoms with Crippen LogP contribution in [0.4, 0.5) is 5.95 Å². The van der Waals surface area contributed by atoms with E-state index in [4.69, 9.17) is 14.5 Å². The lowest BCUT2D eigenvalue weighted by molar-refractivity contribution is 0.0905. The molecule has 0 atom stereocenters. The number of ether oxygens (including phenoxy) is 2. The number of hydrogen-bond donors (Lipinski definition) is 0. The quantitative estimate of drug-likeness (QED) is 0.301. The molecule has 3 aromatic rings. The van der Waals surface area contributed by atoms with Crippen LogP contribution in [0.2, 0.25) is 25.7 Å². The molecule has 172 valence electrons. The topological polar surface area (TPSA) is 39.5 Å². The fraction of sp³-hybridized carbons (Fsp3) is 0.500. The summed E-state index contributed by atoms with van der Waals surface area (Å²) in [5, 5.41) is 0. The summed E-state index contributed by atoms with van der Waals surface area (Å²) in [4.78, 5) is 7.50. The highest BCUT2D eigenvalue weighted by atomic mass is 28.3. The van der Waals surface area contributed by atoms with Crippen molar-refractivity contribution in [2.75, 3.05) is 25.2 Å². The van der Waals surface area contributed by atoms with E-state index in [0.717, 1.165) is 61.7 Å². The van der Waals surface area contributed by atoms with E-state index < -0.39 is 8.07 Å². The second-order valence-corrected chi connectivity index (χ2v) is 15.7. The van der Waals surface area contributed by atoms with Gasteiger partial charge in [0.2, 0.25) is 5.95 Å². The van der Waals surface area contributed by atoms with Crippen LogP contribution in [0, 0.1) is 0 Å². The Balaban J connectivity index is 1.64. The van der Waals surface area contributed by atoms with Crippen molar-refractivity contribution in [1.82, 2.24) is 9.55 Å². The molecule has 2 heterocycles. The molecule has 4 rings (SSSR count). The van der Waals surface area contributed by atoms with Gasteiger partial charge in [-0.3, -0.25) is 4.57 Å². The summed E-state index contributed by atoms with van der Waals surface area (Å²) in [7, 11) is 0.613. The monoisotopic (exact) mass is 451 g/mol. The van der Waals surface area contributed by atoms with Crippen molar-refractivity contribution in [2.45, 2.75) is 65.1 Å². The standard InChI is InChI=1S/C26H37N3O2Si/c1-6-7-20-8-11-25-24(16-20)27-26(29(25)19-31-14-15-32(3,4)5)28-13-12-21-9-10-23(30-2)17-22(21)18-28/h8-11,16-17H,6-7,12-15,18-19H2,1-5H3. The third-order valence-electron chi connectivity index (χ3n) is 6.26. The normalized spacial score (nSPS) is 14.1. The molecule has 5 nitrogen and oxygen atoms in total. The Hall–Kier alpha value is -2.31. The van der Waals surface area contributed by atoms with Crippen LogP contribution in [-0.4, -0.2) is 37.9 Å². The molecule has 2 aromatic carbocycles. The van der Waals surface area contributed by atoms with Crippen LogP contribution in [0.25, 0.3) is 11.0 Å². The third kappa shape index (κ3) is 5.18. The predicted octanol–water partition coefficient (Wildman–Crippen LogP) is 5.87. The van der Waals surface area contributed by atoms with Crippen molar-refractivity contribution < 1.29 is 9.47 Å². The Morgan fingerprint density at radius 2 is 1.91 bits per heavy atom. The number of hydrogen-bond acceptors (Lipinski definition) is 4. The second-order valence-electron chi connectivity index (χ2n) is 10.1. The average Bonchev–Trinajstić information content (AvgIpc) is 3.13. The summed E-state index contributed by atoms with van der Waals surface area (Å²) < 4.78 is 13.9. The first-order valence-electron chi connectivity index (χ1n) is 11.9. The number of aryl methyl sites for hydroxylation is 1. The van der Waals surface area contributed by atoms with E-state index in [1.165, 1.54) is 22.7 Å². The van der Waals surface area contributed by atoms with Gasteiger partial charge in [-0.05, 0) is 59.8 Å². The van der Waals surface area contributed by atoms with Crippen LogP contribution >= 0.6 is 0 Å². The second kappa shape index (κ2) is 9.67. The molecule has 1 aromatic heterocycles. The molecule has 0 unspecified atom stereocenters. The molecule has 0 saturated carbocycles. The number of fused-ring (bicyclic) bond motifs is 2. The molecular weight excluding hydrogens is 414 g/mol. The van der Waals surface area contributed by atoms with E-state index in [1.807, 2.05) is 0 Å². The number of nitrogens with zero attached hydrogens (tertiary/aromatic N) is 3. The van der Waals surface area contributed by atoms with Crippen molar-refractivity contribution in [3.63, 3.8) is 0 Å². The predicted molar refractivity (Wildman–Crippen MR) is 136 cm³/mol. The molecule has 1 aliphatic heterocycles. The largest absolute Gasteiger partial charge is 0.497 e. The number of anilines is 1. The number of methoxy groups -OCH3 is 1. The molecule has 0 N–H and O–H groups in total. The lowest BCUT2D eigenvalue weighted by Crippen LogP contribution is -2.32. The van der Waals surface area contributed by atoms with Gasteiger partial charge in [-0.2, -0.15) is 0 Å². The summed E-state index contributed by atoms with van der Waals surface area (Å²) in [5.41, 5.74) is 6.30. The van der Waals surface area contributed by atoms with Gasteiger partial charge >= 0.3 is 0 Å². The fourth-order valence-corrected chi connectivity index (χ4v) is 5.10. The van der Waals surface area contributed by atoms with Gasteiger partial charge < -0.3 is 14.4 Å². The highest BCUT2D eigenvalue weighted by Crippen LogP contribution is 2.30. The minimum atomic E-state index is -1.12. The molecule has 0 aliphatic carbocycles. The van der Waals surface area contributed by atoms with Gasteiger partial charge in [0.15, 0.2) is 0 Å². The minimum absolute atomic E-state index is 0.547. The summed E-state index contributed by atoms with van der Waals surface area (Å²) >= 11 is 0. The third-order valence-corrected chi connectivity index (χ3v) is 7.96. The molecule has 1 aliphatic rings. The van der Waals surface area contributed by atoms with Crippen LogP contribution in [0.3, 0.4) is 0 Å². The minimum Gasteiger partial charge on any atom is -0.497 e. The van der Waals surface area contributed by atoms with Crippen LogP contribution in [0.1, 0.15) is 30.0 Å². The number of imidazole rings is 1. The average molecular weight is 452 g/mol. The summed E-state index contributed by atoms with van der Waals surface area (Å²) in [5.74, 6) is 1.92. The molecule has 0 bridgehead atoms. The summed E-state index contributed by atoms with van der Waals surface area (Å²) in [6.07, 6.45) is 3.24. The number of aromatic nitrogens is 2. The smallest absolute Gasteiger partial charge is 0.208 e. The Morgan fingerprint density at radius 3 is 2.66 bits per heavy atom. The van der Waals surface area contributed by atoms with E-state index in [9.17, 15) is 0 Å². The van der Waals surface area contributed by atoms with Crippen LogP contribution in [0.5, 0.6) is 5.75 Å². The van der Waals surface area contributed by atoms with Crippen molar-refractivity contribution in [3.8, 4) is 5.75 Å². The maximum absolute atomic E-state index is 6.19. The lowest BCUT2D eigenvalue weighted by atomic mass is 10.00. The van der Waals surface area contributed by atoms with E-state index >= 15 is 0 Å². The summed E-state index contributed by atoms with van der Waals surface area (Å²) in [6, 6.07) is 14.3. The zero-order valence-electron chi connectivity index (χ0n) is 20.3. The Morgan fingerprint density at radius 1 is 1.06 bits per heavy atom. The highest BCUT2D eigenvalue weighted by Gasteiger charge is 2.23. The molecule has 0 fully saturated rings. The van der Waals surface area contributed by atoms with Gasteiger partial charge in [0.25, 0.3) is 0 Å². The maximum Gasteiger partial charge on any atom is 0.208 e. The number of rotatable bonds is 9. The Kier molecular flexibility index (Phi) is 6.91. The van der Waals surface area contributed by atoms with Gasteiger partial charge in [0, 0.05) is 27.8 Å². The highest BCUT2D eigenvalue weighted by molar-refractivity contribution is 6.76. The van der Waals surface area contributed by atoms with Gasteiger partial charge in [0.1, 0.15) is 12.5 Å². The molecule has 0 amide bonds. The number of benzene rings is 2. The molecule has 6 heteroatoms.